The van der Waals surface area contributed by atoms with Gasteiger partial charge in [0.25, 0.3) is 25.8 Å². The van der Waals surface area contributed by atoms with Crippen molar-refractivity contribution in [2.24, 2.45) is 7.05 Å². The van der Waals surface area contributed by atoms with Crippen LogP contribution in [0.15, 0.2) is 136 Å². The van der Waals surface area contributed by atoms with Crippen LogP contribution >= 0.6 is 11.8 Å². The summed E-state index contributed by atoms with van der Waals surface area (Å²) in [5.74, 6) is 5.99. The highest BCUT2D eigenvalue weighted by Gasteiger charge is 2.48. The van der Waals surface area contributed by atoms with Gasteiger partial charge in [0.05, 0.1) is 21.8 Å². The van der Waals surface area contributed by atoms with Crippen molar-refractivity contribution >= 4 is 48.9 Å². The van der Waals surface area contributed by atoms with Crippen molar-refractivity contribution in [1.82, 2.24) is 24.6 Å². The first kappa shape index (κ1) is 54.6. The molecule has 6 aromatic rings. The molecule has 1 aliphatic rings. The molecule has 1 aromatic heterocycles. The fourth-order valence-corrected chi connectivity index (χ4v) is 11.5. The van der Waals surface area contributed by atoms with E-state index in [1.807, 2.05) is 92.1 Å². The van der Waals surface area contributed by atoms with Gasteiger partial charge in [0.2, 0.25) is 0 Å². The highest BCUT2D eigenvalue weighted by molar-refractivity contribution is 7.99. The van der Waals surface area contributed by atoms with Crippen molar-refractivity contribution in [3.05, 3.63) is 150 Å². The van der Waals surface area contributed by atoms with Crippen LogP contribution in [-0.4, -0.2) is 126 Å². The number of piperazine rings is 1. The second-order valence-corrected chi connectivity index (χ2v) is 22.9. The lowest BCUT2D eigenvalue weighted by Gasteiger charge is -2.32. The number of benzene rings is 5. The Balaban J connectivity index is 1.10. The highest BCUT2D eigenvalue weighted by Crippen LogP contribution is 2.40. The fraction of sp³-hybridized carbons (Fsp3) is 0.315. The van der Waals surface area contributed by atoms with E-state index in [1.165, 1.54) is 36.0 Å². The molecule has 386 valence electrons. The number of hydrogen-bond donors (Lipinski definition) is 3. The monoisotopic (exact) mass is 1060 g/mol. The second kappa shape index (κ2) is 23.8. The average molecular weight is 1060 g/mol. The average Bonchev–Trinajstić information content (AvgIpc) is 3.63. The Hall–Kier alpha value is -6.14. The zero-order valence-electron chi connectivity index (χ0n) is 41.3. The molecule has 1 atom stereocenters. The Morgan fingerprint density at radius 2 is 1.49 bits per heavy atom. The third kappa shape index (κ3) is 13.9. The lowest BCUT2D eigenvalue weighted by Crippen LogP contribution is -2.45. The number of sulfonamides is 1. The minimum Gasteiger partial charge on any atom is -0.380 e. The number of nitrogens with zero attached hydrogens (tertiary/aromatic N) is 4. The molecule has 0 spiro atoms. The smallest absolute Gasteiger partial charge is 0.380 e. The number of halogens is 4. The molecule has 1 aliphatic heterocycles. The summed E-state index contributed by atoms with van der Waals surface area (Å²) in [5.41, 5.74) is -0.886. The fourth-order valence-electron chi connectivity index (χ4n) is 8.38. The van der Waals surface area contributed by atoms with Crippen molar-refractivity contribution in [2.45, 2.75) is 46.0 Å². The van der Waals surface area contributed by atoms with Crippen LogP contribution in [0.3, 0.4) is 0 Å². The standard InChI is InChI=1S/C54H59F4N7O5S3/c1-38-50(53(66)59-28-10-29-65-33-31-63(4)32-34-65)51(52(64(38)5)41-19-21-43(55)22-20-41)42-12-9-11-40(35-42)16-15-39-17-23-44(24-18-39)61-73(69,70)47-25-26-48(49(36-47)72(67,68)54(56,57)58)60-45(27-30-62(2)3)37-71-46-13-7-6-8-14-46/h6-9,11-14,17-26,35-36,45,60-61H,10,27-34,37H2,1-5H3,(H,59,66)/t45-/m1/s1. The third-order valence-electron chi connectivity index (χ3n) is 12.5. The molecule has 7 rings (SSSR count). The number of carbonyl (C=O) groups is 1. The summed E-state index contributed by atoms with van der Waals surface area (Å²) in [5, 5.41) is 6.11. The Bertz CT molecular complexity index is 3170. The largest absolute Gasteiger partial charge is 0.501 e. The van der Waals surface area contributed by atoms with E-state index in [0.717, 1.165) is 73.1 Å². The molecule has 19 heteroatoms. The maximum Gasteiger partial charge on any atom is 0.501 e. The van der Waals surface area contributed by atoms with Gasteiger partial charge in [0.15, 0.2) is 0 Å². The molecule has 1 amide bonds. The Labute approximate surface area is 430 Å². The Morgan fingerprint density at radius 3 is 2.16 bits per heavy atom. The number of aromatic nitrogens is 1. The van der Waals surface area contributed by atoms with Crippen molar-refractivity contribution in [3.8, 4) is 34.2 Å². The lowest BCUT2D eigenvalue weighted by atomic mass is 9.95. The molecule has 73 heavy (non-hydrogen) atoms. The molecule has 12 nitrogen and oxygen atoms in total. The second-order valence-electron chi connectivity index (χ2n) is 18.2. The van der Waals surface area contributed by atoms with Crippen LogP contribution in [-0.2, 0) is 26.9 Å². The van der Waals surface area contributed by atoms with Crippen molar-refractivity contribution in [3.63, 3.8) is 0 Å². The molecular weight excluding hydrogens is 999 g/mol. The van der Waals surface area contributed by atoms with Crippen LogP contribution in [0, 0.1) is 24.6 Å². The molecule has 0 saturated carbocycles. The molecule has 5 aromatic carbocycles. The van der Waals surface area contributed by atoms with Gasteiger partial charge in [-0.2, -0.15) is 13.2 Å². The minimum absolute atomic E-state index is 0.0505. The third-order valence-corrected chi connectivity index (χ3v) is 16.6. The summed E-state index contributed by atoms with van der Waals surface area (Å²) in [6.07, 6.45) is 1.23. The number of hydrogen-bond acceptors (Lipinski definition) is 10. The number of sulfone groups is 1. The Kier molecular flexibility index (Phi) is 17.8. The van der Waals surface area contributed by atoms with Crippen LogP contribution in [0.2, 0.25) is 0 Å². The van der Waals surface area contributed by atoms with Crippen molar-refractivity contribution < 1.29 is 39.2 Å². The zero-order valence-corrected chi connectivity index (χ0v) is 43.7. The van der Waals surface area contributed by atoms with Gasteiger partial charge < -0.3 is 29.9 Å². The number of rotatable bonds is 19. The summed E-state index contributed by atoms with van der Waals surface area (Å²) < 4.78 is 114. The maximum absolute atomic E-state index is 14.2. The van der Waals surface area contributed by atoms with E-state index in [0.29, 0.717) is 59.1 Å². The van der Waals surface area contributed by atoms with Crippen LogP contribution in [0.1, 0.15) is 40.0 Å². The molecule has 0 aliphatic carbocycles. The Morgan fingerprint density at radius 1 is 0.808 bits per heavy atom. The SMILES string of the molecule is Cc1c(C(=O)NCCCN2CCN(C)CC2)c(-c2cccc(C#Cc3ccc(NS(=O)(=O)c4ccc(N[C@H](CCN(C)C)CSc5ccccc5)c(S(=O)(=O)C(F)(F)F)c4)cc3)c2)c(-c2ccc(F)cc2)n1C. The van der Waals surface area contributed by atoms with Gasteiger partial charge in [-0.05, 0) is 156 Å². The first-order valence-electron chi connectivity index (χ1n) is 23.6. The summed E-state index contributed by atoms with van der Waals surface area (Å²) in [6.45, 7) is 7.77. The molecule has 0 bridgehead atoms. The van der Waals surface area contributed by atoms with Gasteiger partial charge in [-0.25, -0.2) is 21.2 Å². The lowest BCUT2D eigenvalue weighted by molar-refractivity contribution is -0.0435. The van der Waals surface area contributed by atoms with Gasteiger partial charge in [0.1, 0.15) is 10.7 Å². The zero-order chi connectivity index (χ0) is 52.5. The summed E-state index contributed by atoms with van der Waals surface area (Å²) >= 11 is 1.45. The number of carbonyl (C=O) groups excluding carboxylic acids is 1. The van der Waals surface area contributed by atoms with Gasteiger partial charge in [-0.15, -0.1) is 11.8 Å². The summed E-state index contributed by atoms with van der Waals surface area (Å²) in [4.78, 5) is 19.7. The van der Waals surface area contributed by atoms with Crippen LogP contribution in [0.4, 0.5) is 28.9 Å². The quantitative estimate of drug-likeness (QED) is 0.0312. The van der Waals surface area contributed by atoms with E-state index in [-0.39, 0.29) is 23.1 Å². The normalized spacial score (nSPS) is 14.1. The van der Waals surface area contributed by atoms with Gasteiger partial charge in [-0.3, -0.25) is 9.52 Å². The van der Waals surface area contributed by atoms with Crippen LogP contribution in [0.25, 0.3) is 22.4 Å². The summed E-state index contributed by atoms with van der Waals surface area (Å²) in [7, 11) is -2.96. The number of alkyl halides is 3. The first-order chi connectivity index (χ1) is 34.7. The molecule has 0 radical (unpaired) electrons. The molecule has 1 saturated heterocycles. The number of thioether (sulfide) groups is 1. The summed E-state index contributed by atoms with van der Waals surface area (Å²) in [6, 6.07) is 31.0. The molecule has 1 fully saturated rings. The molecule has 3 N–H and O–H groups in total. The van der Waals surface area contributed by atoms with E-state index >= 15 is 0 Å². The van der Waals surface area contributed by atoms with E-state index < -0.39 is 41.2 Å². The van der Waals surface area contributed by atoms with Crippen molar-refractivity contribution in [1.29, 1.82) is 0 Å². The van der Waals surface area contributed by atoms with Crippen LogP contribution < -0.4 is 15.4 Å². The number of likely N-dealkylation sites (N-methyl/N-ethyl adjacent to an activating group) is 1. The van der Waals surface area contributed by atoms with E-state index in [4.69, 9.17) is 0 Å². The number of anilines is 2. The van der Waals surface area contributed by atoms with E-state index in [1.54, 1.807) is 24.3 Å². The van der Waals surface area contributed by atoms with Crippen molar-refractivity contribution in [2.75, 3.05) is 82.7 Å². The van der Waals surface area contributed by atoms with Gasteiger partial charge >= 0.3 is 5.51 Å². The van der Waals surface area contributed by atoms with Gasteiger partial charge in [-0.1, -0.05) is 42.2 Å². The van der Waals surface area contributed by atoms with E-state index in [2.05, 4.69) is 44.0 Å². The maximum atomic E-state index is 14.2. The molecular formula is C54H59F4N7O5S3. The first-order valence-corrected chi connectivity index (χ1v) is 27.6. The van der Waals surface area contributed by atoms with Crippen LogP contribution in [0.5, 0.6) is 0 Å². The number of amides is 1. The molecule has 0 unspecified atom stereocenters. The molecule has 2 heterocycles. The minimum atomic E-state index is -6.01. The predicted octanol–water partition coefficient (Wildman–Crippen LogP) is 9.19. The predicted molar refractivity (Wildman–Crippen MR) is 283 cm³/mol. The van der Waals surface area contributed by atoms with Gasteiger partial charge in [0, 0.05) is 84.5 Å². The van der Waals surface area contributed by atoms with E-state index in [9.17, 15) is 39.2 Å². The number of nitrogens with one attached hydrogen (secondary N) is 3. The topological polar surface area (TPSA) is 136 Å². The highest BCUT2D eigenvalue weighted by atomic mass is 32.2.